The van der Waals surface area contributed by atoms with Crippen molar-refractivity contribution in [2.45, 2.75) is 6.92 Å². The number of carbonyl (C=O) groups is 2. The molecule has 0 saturated carbocycles. The molecular formula is C26H20O4. The van der Waals surface area contributed by atoms with E-state index in [0.717, 1.165) is 11.1 Å². The molecule has 0 amide bonds. The van der Waals surface area contributed by atoms with Crippen LogP contribution in [0, 0.1) is 6.92 Å². The van der Waals surface area contributed by atoms with E-state index in [0.29, 0.717) is 22.6 Å². The van der Waals surface area contributed by atoms with Crippen molar-refractivity contribution in [3.63, 3.8) is 0 Å². The van der Waals surface area contributed by atoms with E-state index in [-0.39, 0.29) is 23.9 Å². The van der Waals surface area contributed by atoms with Gasteiger partial charge in [-0.05, 0) is 30.2 Å². The zero-order valence-corrected chi connectivity index (χ0v) is 16.5. The predicted octanol–water partition coefficient (Wildman–Crippen LogP) is 5.43. The number of fused-ring (bicyclic) bond motifs is 1. The highest BCUT2D eigenvalue weighted by Gasteiger charge is 2.29. The van der Waals surface area contributed by atoms with Gasteiger partial charge in [0.2, 0.25) is 5.78 Å². The van der Waals surface area contributed by atoms with Gasteiger partial charge in [0.05, 0.1) is 5.56 Å². The Morgan fingerprint density at radius 3 is 2.43 bits per heavy atom. The van der Waals surface area contributed by atoms with Gasteiger partial charge < -0.3 is 9.47 Å². The van der Waals surface area contributed by atoms with Crippen molar-refractivity contribution in [1.82, 2.24) is 0 Å². The topological polar surface area (TPSA) is 52.6 Å². The largest absolute Gasteiger partial charge is 0.485 e. The van der Waals surface area contributed by atoms with Crippen LogP contribution >= 0.6 is 0 Å². The van der Waals surface area contributed by atoms with Crippen LogP contribution < -0.4 is 9.47 Å². The number of hydrogen-bond donors (Lipinski definition) is 0. The van der Waals surface area contributed by atoms with Gasteiger partial charge >= 0.3 is 0 Å². The second-order valence-corrected chi connectivity index (χ2v) is 6.92. The molecule has 0 radical (unpaired) electrons. The molecule has 3 aromatic rings. The first-order chi connectivity index (χ1) is 14.6. The highest BCUT2D eigenvalue weighted by molar-refractivity contribution is 6.13. The molecule has 0 aliphatic carbocycles. The first-order valence-electron chi connectivity index (χ1n) is 9.63. The van der Waals surface area contributed by atoms with Crippen LogP contribution in [0.4, 0.5) is 0 Å². The zero-order valence-electron chi connectivity index (χ0n) is 16.5. The third-order valence-electron chi connectivity index (χ3n) is 4.75. The van der Waals surface area contributed by atoms with E-state index in [9.17, 15) is 9.59 Å². The van der Waals surface area contributed by atoms with Crippen molar-refractivity contribution in [1.29, 1.82) is 0 Å². The lowest BCUT2D eigenvalue weighted by atomic mass is 10.0. The number of Topliss-reactive ketones (excluding diaryl/α,β-unsaturated/α-hetero) is 2. The SMILES string of the molecule is Cc1cc(OCC(=O)c2ccccc2)cc2c1C(=O)/C(=C/C=C/c1ccccc1)O2. The summed E-state index contributed by atoms with van der Waals surface area (Å²) in [5, 5.41) is 0. The number of rotatable bonds is 6. The zero-order chi connectivity index (χ0) is 20.9. The van der Waals surface area contributed by atoms with Gasteiger partial charge in [-0.3, -0.25) is 9.59 Å². The quantitative estimate of drug-likeness (QED) is 0.412. The third-order valence-corrected chi connectivity index (χ3v) is 4.75. The molecule has 4 nitrogen and oxygen atoms in total. The second kappa shape index (κ2) is 8.62. The van der Waals surface area contributed by atoms with E-state index in [1.807, 2.05) is 61.5 Å². The van der Waals surface area contributed by atoms with Crippen LogP contribution in [0.2, 0.25) is 0 Å². The fourth-order valence-corrected chi connectivity index (χ4v) is 3.24. The minimum atomic E-state index is -0.160. The van der Waals surface area contributed by atoms with Crippen molar-refractivity contribution in [3.8, 4) is 11.5 Å². The van der Waals surface area contributed by atoms with Gasteiger partial charge in [0.25, 0.3) is 0 Å². The van der Waals surface area contributed by atoms with Crippen LogP contribution in [0.3, 0.4) is 0 Å². The summed E-state index contributed by atoms with van der Waals surface area (Å²) in [7, 11) is 0. The summed E-state index contributed by atoms with van der Waals surface area (Å²) in [5.74, 6) is 0.924. The standard InChI is InChI=1S/C26H20O4/c1-18-15-21(29-17-22(27)20-12-6-3-7-13-20)16-24-25(18)26(28)23(30-24)14-8-11-19-9-4-2-5-10-19/h2-16H,17H2,1H3/b11-8+,23-14-. The Labute approximate surface area is 175 Å². The minimum Gasteiger partial charge on any atom is -0.485 e. The first-order valence-corrected chi connectivity index (χ1v) is 9.63. The van der Waals surface area contributed by atoms with Gasteiger partial charge in [0.15, 0.2) is 18.1 Å². The average Bonchev–Trinajstić information content (AvgIpc) is 3.09. The van der Waals surface area contributed by atoms with E-state index in [1.54, 1.807) is 36.4 Å². The van der Waals surface area contributed by atoms with Crippen LogP contribution in [0.25, 0.3) is 6.08 Å². The highest BCUT2D eigenvalue weighted by atomic mass is 16.5. The van der Waals surface area contributed by atoms with Gasteiger partial charge in [-0.15, -0.1) is 0 Å². The monoisotopic (exact) mass is 396 g/mol. The van der Waals surface area contributed by atoms with Crippen molar-refractivity contribution >= 4 is 17.6 Å². The van der Waals surface area contributed by atoms with Gasteiger partial charge in [0, 0.05) is 11.6 Å². The Hall–Kier alpha value is -3.92. The number of carbonyl (C=O) groups excluding carboxylic acids is 2. The van der Waals surface area contributed by atoms with Gasteiger partial charge in [-0.2, -0.15) is 0 Å². The molecule has 0 saturated heterocycles. The van der Waals surface area contributed by atoms with Crippen molar-refractivity contribution < 1.29 is 19.1 Å². The number of allylic oxidation sites excluding steroid dienone is 3. The lowest BCUT2D eigenvalue weighted by Crippen LogP contribution is -2.11. The Bertz CT molecular complexity index is 1140. The third kappa shape index (κ3) is 4.23. The summed E-state index contributed by atoms with van der Waals surface area (Å²) in [4.78, 5) is 24.9. The molecular weight excluding hydrogens is 376 g/mol. The molecule has 4 rings (SSSR count). The molecule has 0 unspecified atom stereocenters. The lowest BCUT2D eigenvalue weighted by Gasteiger charge is -2.08. The van der Waals surface area contributed by atoms with Crippen LogP contribution in [-0.2, 0) is 0 Å². The van der Waals surface area contributed by atoms with E-state index in [4.69, 9.17) is 9.47 Å². The molecule has 4 heteroatoms. The number of hydrogen-bond acceptors (Lipinski definition) is 4. The van der Waals surface area contributed by atoms with E-state index >= 15 is 0 Å². The van der Waals surface area contributed by atoms with Crippen LogP contribution in [0.5, 0.6) is 11.5 Å². The molecule has 1 aliphatic rings. The lowest BCUT2D eigenvalue weighted by molar-refractivity contribution is 0.0920. The second-order valence-electron chi connectivity index (χ2n) is 6.92. The summed E-state index contributed by atoms with van der Waals surface area (Å²) in [6, 6.07) is 22.2. The highest BCUT2D eigenvalue weighted by Crippen LogP contribution is 2.37. The van der Waals surface area contributed by atoms with E-state index < -0.39 is 0 Å². The number of aryl methyl sites for hydroxylation is 1. The molecule has 0 N–H and O–H groups in total. The summed E-state index contributed by atoms with van der Waals surface area (Å²) in [6.45, 7) is 1.74. The Morgan fingerprint density at radius 2 is 1.70 bits per heavy atom. The van der Waals surface area contributed by atoms with Crippen molar-refractivity contribution in [3.05, 3.63) is 113 Å². The van der Waals surface area contributed by atoms with Gasteiger partial charge in [-0.25, -0.2) is 0 Å². The molecule has 0 fully saturated rings. The van der Waals surface area contributed by atoms with Crippen molar-refractivity contribution in [2.75, 3.05) is 6.61 Å². The molecule has 0 spiro atoms. The van der Waals surface area contributed by atoms with Crippen LogP contribution in [0.15, 0.2) is 90.7 Å². The first kappa shape index (κ1) is 19.4. The average molecular weight is 396 g/mol. The Balaban J connectivity index is 1.47. The van der Waals surface area contributed by atoms with Crippen LogP contribution in [0.1, 0.15) is 31.8 Å². The summed E-state index contributed by atoms with van der Waals surface area (Å²) in [6.07, 6.45) is 5.36. The summed E-state index contributed by atoms with van der Waals surface area (Å²) >= 11 is 0. The molecule has 1 aliphatic heterocycles. The van der Waals surface area contributed by atoms with Gasteiger partial charge in [0.1, 0.15) is 11.5 Å². The smallest absolute Gasteiger partial charge is 0.232 e. The maximum Gasteiger partial charge on any atom is 0.232 e. The molecule has 30 heavy (non-hydrogen) atoms. The number of benzene rings is 3. The fraction of sp³-hybridized carbons (Fsp3) is 0.0769. The molecule has 0 aromatic heterocycles. The molecule has 1 heterocycles. The normalized spacial score (nSPS) is 14.0. The van der Waals surface area contributed by atoms with E-state index in [2.05, 4.69) is 0 Å². The number of ether oxygens (including phenoxy) is 2. The maximum atomic E-state index is 12.7. The fourth-order valence-electron chi connectivity index (χ4n) is 3.24. The molecule has 3 aromatic carbocycles. The Morgan fingerprint density at radius 1 is 1.00 bits per heavy atom. The van der Waals surface area contributed by atoms with Crippen molar-refractivity contribution in [2.24, 2.45) is 0 Å². The number of ketones is 2. The minimum absolute atomic E-state index is 0.0846. The molecule has 0 atom stereocenters. The maximum absolute atomic E-state index is 12.7. The summed E-state index contributed by atoms with van der Waals surface area (Å²) < 4.78 is 11.4. The van der Waals surface area contributed by atoms with E-state index in [1.165, 1.54) is 0 Å². The van der Waals surface area contributed by atoms with Crippen LogP contribution in [-0.4, -0.2) is 18.2 Å². The molecule has 148 valence electrons. The Kier molecular flexibility index (Phi) is 5.57. The predicted molar refractivity (Wildman–Crippen MR) is 116 cm³/mol. The van der Waals surface area contributed by atoms with Gasteiger partial charge in [-0.1, -0.05) is 72.8 Å². The summed E-state index contributed by atoms with van der Waals surface area (Å²) in [5.41, 5.74) is 2.90. The molecule has 0 bridgehead atoms.